The molecule has 0 unspecified atom stereocenters. The lowest BCUT2D eigenvalue weighted by Gasteiger charge is -2.34. The first-order chi connectivity index (χ1) is 7.65. The molecule has 0 spiro atoms. The van der Waals surface area contributed by atoms with Crippen LogP contribution in [-0.4, -0.2) is 30.6 Å². The first-order valence-electron chi connectivity index (χ1n) is 6.17. The molecule has 2 rings (SSSR count). The number of rotatable bonds is 2. The first-order valence-corrected chi connectivity index (χ1v) is 6.17. The first kappa shape index (κ1) is 11.6. The molecule has 1 N–H and O–H groups in total. The van der Waals surface area contributed by atoms with Crippen molar-refractivity contribution in [1.29, 1.82) is 0 Å². The van der Waals surface area contributed by atoms with Gasteiger partial charge in [0.2, 0.25) is 0 Å². The van der Waals surface area contributed by atoms with Crippen LogP contribution in [0.25, 0.3) is 0 Å². The Balaban J connectivity index is 2.07. The van der Waals surface area contributed by atoms with E-state index in [0.717, 1.165) is 26.2 Å². The van der Waals surface area contributed by atoms with Crippen LogP contribution in [0.15, 0.2) is 18.2 Å². The summed E-state index contributed by atoms with van der Waals surface area (Å²) >= 11 is 0. The molecule has 2 heteroatoms. The lowest BCUT2D eigenvalue weighted by Crippen LogP contribution is -2.49. The Labute approximate surface area is 98.7 Å². The number of hydrogen-bond donors (Lipinski definition) is 1. The number of nitrogens with one attached hydrogen (secondary N) is 1. The summed E-state index contributed by atoms with van der Waals surface area (Å²) in [6, 6.07) is 7.50. The molecule has 16 heavy (non-hydrogen) atoms. The highest BCUT2D eigenvalue weighted by Gasteiger charge is 2.17. The average molecular weight is 218 g/mol. The Kier molecular flexibility index (Phi) is 3.62. The highest BCUT2D eigenvalue weighted by molar-refractivity contribution is 5.28. The third-order valence-electron chi connectivity index (χ3n) is 3.31. The maximum Gasteiger partial charge on any atom is 0.0237 e. The van der Waals surface area contributed by atoms with Crippen LogP contribution in [-0.2, 0) is 6.54 Å². The largest absolute Gasteiger partial charge is 0.314 e. The van der Waals surface area contributed by atoms with E-state index in [1.165, 1.54) is 16.7 Å². The molecule has 0 radical (unpaired) electrons. The number of aryl methyl sites for hydroxylation is 2. The van der Waals surface area contributed by atoms with E-state index in [9.17, 15) is 0 Å². The van der Waals surface area contributed by atoms with Crippen LogP contribution in [0.4, 0.5) is 0 Å². The number of benzene rings is 1. The van der Waals surface area contributed by atoms with E-state index < -0.39 is 0 Å². The summed E-state index contributed by atoms with van der Waals surface area (Å²) in [5.41, 5.74) is 4.20. The van der Waals surface area contributed by atoms with E-state index in [4.69, 9.17) is 0 Å². The third-order valence-corrected chi connectivity index (χ3v) is 3.31. The van der Waals surface area contributed by atoms with Crippen LogP contribution in [0.3, 0.4) is 0 Å². The molecule has 1 aromatic carbocycles. The molecule has 0 aliphatic carbocycles. The minimum absolute atomic E-state index is 0.648. The monoisotopic (exact) mass is 218 g/mol. The second kappa shape index (κ2) is 4.98. The third kappa shape index (κ3) is 2.83. The van der Waals surface area contributed by atoms with Crippen LogP contribution < -0.4 is 5.32 Å². The molecule has 0 bridgehead atoms. The Morgan fingerprint density at radius 2 is 1.94 bits per heavy atom. The van der Waals surface area contributed by atoms with Gasteiger partial charge in [0, 0.05) is 32.2 Å². The van der Waals surface area contributed by atoms with Crippen molar-refractivity contribution in [3.63, 3.8) is 0 Å². The molecule has 0 saturated carbocycles. The van der Waals surface area contributed by atoms with E-state index in [1.807, 2.05) is 0 Å². The second-order valence-electron chi connectivity index (χ2n) is 5.02. The molecule has 1 heterocycles. The second-order valence-corrected chi connectivity index (χ2v) is 5.02. The fraction of sp³-hybridized carbons (Fsp3) is 0.571. The van der Waals surface area contributed by atoms with E-state index in [2.05, 4.69) is 49.2 Å². The van der Waals surface area contributed by atoms with Gasteiger partial charge in [-0.05, 0) is 26.3 Å². The van der Waals surface area contributed by atoms with Gasteiger partial charge in [-0.3, -0.25) is 4.90 Å². The summed E-state index contributed by atoms with van der Waals surface area (Å²) in [6.45, 7) is 11.1. The van der Waals surface area contributed by atoms with Gasteiger partial charge in [0.25, 0.3) is 0 Å². The van der Waals surface area contributed by atoms with Crippen molar-refractivity contribution in [3.8, 4) is 0 Å². The predicted octanol–water partition coefficient (Wildman–Crippen LogP) is 2.10. The molecule has 88 valence electrons. The van der Waals surface area contributed by atoms with E-state index >= 15 is 0 Å². The molecule has 1 fully saturated rings. The zero-order valence-electron chi connectivity index (χ0n) is 10.6. The molecule has 2 nitrogen and oxygen atoms in total. The molecule has 0 amide bonds. The summed E-state index contributed by atoms with van der Waals surface area (Å²) in [5, 5.41) is 3.43. The van der Waals surface area contributed by atoms with Crippen LogP contribution in [0, 0.1) is 13.8 Å². The molecular weight excluding hydrogens is 196 g/mol. The minimum Gasteiger partial charge on any atom is -0.314 e. The van der Waals surface area contributed by atoms with E-state index in [0.29, 0.717) is 6.04 Å². The van der Waals surface area contributed by atoms with Crippen molar-refractivity contribution >= 4 is 0 Å². The van der Waals surface area contributed by atoms with Gasteiger partial charge in [-0.15, -0.1) is 0 Å². The number of nitrogens with zero attached hydrogens (tertiary/aromatic N) is 1. The molecule has 1 saturated heterocycles. The lowest BCUT2D eigenvalue weighted by atomic mass is 10.1. The Morgan fingerprint density at radius 1 is 1.25 bits per heavy atom. The van der Waals surface area contributed by atoms with Crippen molar-refractivity contribution < 1.29 is 0 Å². The summed E-state index contributed by atoms with van der Waals surface area (Å²) in [5.74, 6) is 0. The maximum absolute atomic E-state index is 3.43. The van der Waals surface area contributed by atoms with Crippen molar-refractivity contribution in [1.82, 2.24) is 10.2 Å². The van der Waals surface area contributed by atoms with E-state index in [-0.39, 0.29) is 0 Å². The lowest BCUT2D eigenvalue weighted by molar-refractivity contribution is 0.165. The molecule has 1 atom stereocenters. The van der Waals surface area contributed by atoms with Gasteiger partial charge in [-0.1, -0.05) is 29.3 Å². The topological polar surface area (TPSA) is 15.3 Å². The summed E-state index contributed by atoms with van der Waals surface area (Å²) in [4.78, 5) is 2.56. The van der Waals surface area contributed by atoms with Gasteiger partial charge in [-0.25, -0.2) is 0 Å². The zero-order chi connectivity index (χ0) is 11.5. The Hall–Kier alpha value is -0.860. The van der Waals surface area contributed by atoms with Gasteiger partial charge < -0.3 is 5.32 Å². The van der Waals surface area contributed by atoms with Gasteiger partial charge in [0.1, 0.15) is 0 Å². The fourth-order valence-corrected chi connectivity index (χ4v) is 2.51. The van der Waals surface area contributed by atoms with Crippen LogP contribution >= 0.6 is 0 Å². The van der Waals surface area contributed by atoms with Crippen molar-refractivity contribution in [2.24, 2.45) is 0 Å². The molecular formula is C14H22N2. The van der Waals surface area contributed by atoms with Gasteiger partial charge in [0.15, 0.2) is 0 Å². The van der Waals surface area contributed by atoms with Gasteiger partial charge in [0.05, 0.1) is 0 Å². The molecule has 1 aliphatic heterocycles. The van der Waals surface area contributed by atoms with Gasteiger partial charge in [-0.2, -0.15) is 0 Å². The molecule has 1 aliphatic rings. The normalized spacial score (nSPS) is 22.3. The van der Waals surface area contributed by atoms with Crippen molar-refractivity contribution in [2.75, 3.05) is 19.6 Å². The summed E-state index contributed by atoms with van der Waals surface area (Å²) < 4.78 is 0. The highest BCUT2D eigenvalue weighted by Crippen LogP contribution is 2.13. The quantitative estimate of drug-likeness (QED) is 0.818. The number of piperazine rings is 1. The highest BCUT2D eigenvalue weighted by atomic mass is 15.2. The SMILES string of the molecule is Cc1cc(C)cc(CN2CCNC[C@H]2C)c1. The Bertz CT molecular complexity index is 340. The smallest absolute Gasteiger partial charge is 0.0237 e. The Morgan fingerprint density at radius 3 is 2.56 bits per heavy atom. The van der Waals surface area contributed by atoms with Crippen LogP contribution in [0.1, 0.15) is 23.6 Å². The number of hydrogen-bond acceptors (Lipinski definition) is 2. The maximum atomic E-state index is 3.43. The predicted molar refractivity (Wildman–Crippen MR) is 68.7 cm³/mol. The minimum atomic E-state index is 0.648. The van der Waals surface area contributed by atoms with Gasteiger partial charge >= 0.3 is 0 Å². The van der Waals surface area contributed by atoms with E-state index in [1.54, 1.807) is 0 Å². The molecule has 0 aromatic heterocycles. The summed E-state index contributed by atoms with van der Waals surface area (Å²) in [6.07, 6.45) is 0. The van der Waals surface area contributed by atoms with Crippen LogP contribution in [0.5, 0.6) is 0 Å². The average Bonchev–Trinajstić information content (AvgIpc) is 2.20. The van der Waals surface area contributed by atoms with Crippen molar-refractivity contribution in [2.45, 2.75) is 33.4 Å². The van der Waals surface area contributed by atoms with Crippen LogP contribution in [0.2, 0.25) is 0 Å². The fourth-order valence-electron chi connectivity index (χ4n) is 2.51. The standard InChI is InChI=1S/C14H22N2/c1-11-6-12(2)8-14(7-11)10-16-5-4-15-9-13(16)3/h6-8,13,15H,4-5,9-10H2,1-3H3/t13-/m1/s1. The van der Waals surface area contributed by atoms with Crippen molar-refractivity contribution in [3.05, 3.63) is 34.9 Å². The summed E-state index contributed by atoms with van der Waals surface area (Å²) in [7, 11) is 0. The zero-order valence-corrected chi connectivity index (χ0v) is 10.6. The molecule has 1 aromatic rings.